The molecular weight excluding hydrogens is 218 g/mol. The Balaban J connectivity index is 2.16. The van der Waals surface area contributed by atoms with Crippen LogP contribution in [-0.2, 0) is 6.54 Å². The van der Waals surface area contributed by atoms with Gasteiger partial charge in [0.05, 0.1) is 0 Å². The van der Waals surface area contributed by atoms with E-state index in [1.54, 1.807) is 0 Å². The van der Waals surface area contributed by atoms with Crippen molar-refractivity contribution in [3.05, 3.63) is 64.2 Å². The lowest BCUT2D eigenvalue weighted by Crippen LogP contribution is -2.03. The molecule has 2 rings (SSSR count). The Morgan fingerprint density at radius 2 is 1.67 bits per heavy atom. The van der Waals surface area contributed by atoms with E-state index in [1.807, 2.05) is 0 Å². The van der Waals surface area contributed by atoms with Crippen LogP contribution in [0.4, 0.5) is 5.69 Å². The second-order valence-electron chi connectivity index (χ2n) is 5.03. The minimum atomic E-state index is 0.887. The Morgan fingerprint density at radius 3 is 2.44 bits per heavy atom. The van der Waals surface area contributed by atoms with Gasteiger partial charge in [-0.1, -0.05) is 30.3 Å². The van der Waals surface area contributed by atoms with E-state index in [0.29, 0.717) is 0 Å². The van der Waals surface area contributed by atoms with Gasteiger partial charge < -0.3 is 5.32 Å². The second-order valence-corrected chi connectivity index (χ2v) is 5.03. The van der Waals surface area contributed by atoms with Crippen LogP contribution in [0.25, 0.3) is 0 Å². The monoisotopic (exact) mass is 239 g/mol. The van der Waals surface area contributed by atoms with Crippen LogP contribution in [0.1, 0.15) is 27.8 Å². The average molecular weight is 239 g/mol. The van der Waals surface area contributed by atoms with Crippen molar-refractivity contribution in [2.45, 2.75) is 34.2 Å². The minimum absolute atomic E-state index is 0.887. The normalized spacial score (nSPS) is 10.4. The maximum absolute atomic E-state index is 3.54. The highest BCUT2D eigenvalue weighted by atomic mass is 14.9. The van der Waals surface area contributed by atoms with Crippen molar-refractivity contribution in [1.29, 1.82) is 0 Å². The molecule has 0 aromatic heterocycles. The fraction of sp³-hybridized carbons (Fsp3) is 0.294. The van der Waals surface area contributed by atoms with Crippen LogP contribution in [0.15, 0.2) is 36.4 Å². The van der Waals surface area contributed by atoms with Crippen molar-refractivity contribution in [3.8, 4) is 0 Å². The Morgan fingerprint density at radius 1 is 0.889 bits per heavy atom. The largest absolute Gasteiger partial charge is 0.381 e. The Bertz CT molecular complexity index is 554. The third-order valence-corrected chi connectivity index (χ3v) is 3.58. The Hall–Kier alpha value is -1.76. The lowest BCUT2D eigenvalue weighted by Gasteiger charge is -2.13. The number of hydrogen-bond acceptors (Lipinski definition) is 1. The molecule has 0 aliphatic heterocycles. The summed E-state index contributed by atoms with van der Waals surface area (Å²) in [4.78, 5) is 0. The molecule has 0 saturated carbocycles. The number of anilines is 1. The zero-order chi connectivity index (χ0) is 13.1. The molecule has 1 nitrogen and oxygen atoms in total. The predicted octanol–water partition coefficient (Wildman–Crippen LogP) is 4.53. The van der Waals surface area contributed by atoms with E-state index < -0.39 is 0 Å². The van der Waals surface area contributed by atoms with Crippen LogP contribution in [0.2, 0.25) is 0 Å². The van der Waals surface area contributed by atoms with Crippen LogP contribution in [0.5, 0.6) is 0 Å². The lowest BCUT2D eigenvalue weighted by molar-refractivity contribution is 1.10. The van der Waals surface area contributed by atoms with Crippen LogP contribution < -0.4 is 5.32 Å². The molecule has 0 spiro atoms. The summed E-state index contributed by atoms with van der Waals surface area (Å²) in [6, 6.07) is 13.0. The molecule has 0 atom stereocenters. The van der Waals surface area contributed by atoms with E-state index in [1.165, 1.54) is 33.5 Å². The second kappa shape index (κ2) is 5.26. The van der Waals surface area contributed by atoms with Crippen LogP contribution >= 0.6 is 0 Å². The molecule has 0 saturated heterocycles. The van der Waals surface area contributed by atoms with Crippen LogP contribution in [0.3, 0.4) is 0 Å². The molecule has 0 aliphatic rings. The highest BCUT2D eigenvalue weighted by molar-refractivity contribution is 5.53. The molecule has 0 amide bonds. The maximum Gasteiger partial charge on any atom is 0.0403 e. The highest BCUT2D eigenvalue weighted by Crippen LogP contribution is 2.19. The van der Waals surface area contributed by atoms with Crippen molar-refractivity contribution in [1.82, 2.24) is 0 Å². The molecular formula is C17H21N. The van der Waals surface area contributed by atoms with Gasteiger partial charge in [-0.2, -0.15) is 0 Å². The minimum Gasteiger partial charge on any atom is -0.381 e. The zero-order valence-electron chi connectivity index (χ0n) is 11.7. The van der Waals surface area contributed by atoms with E-state index in [-0.39, 0.29) is 0 Å². The molecule has 2 aromatic carbocycles. The van der Waals surface area contributed by atoms with Crippen molar-refractivity contribution in [3.63, 3.8) is 0 Å². The Kier molecular flexibility index (Phi) is 3.71. The predicted molar refractivity (Wildman–Crippen MR) is 79.2 cm³/mol. The number of benzene rings is 2. The van der Waals surface area contributed by atoms with Gasteiger partial charge in [-0.3, -0.25) is 0 Å². The van der Waals surface area contributed by atoms with E-state index >= 15 is 0 Å². The van der Waals surface area contributed by atoms with Gasteiger partial charge >= 0.3 is 0 Å². The molecule has 0 unspecified atom stereocenters. The molecule has 18 heavy (non-hydrogen) atoms. The summed E-state index contributed by atoms with van der Waals surface area (Å²) in [5, 5.41) is 3.54. The maximum atomic E-state index is 3.54. The molecule has 0 aliphatic carbocycles. The quantitative estimate of drug-likeness (QED) is 0.829. The number of rotatable bonds is 3. The van der Waals surface area contributed by atoms with Gasteiger partial charge in [0.25, 0.3) is 0 Å². The Labute approximate surface area is 110 Å². The summed E-state index contributed by atoms with van der Waals surface area (Å²) < 4.78 is 0. The molecule has 2 aromatic rings. The lowest BCUT2D eigenvalue weighted by atomic mass is 10.0. The smallest absolute Gasteiger partial charge is 0.0403 e. The molecule has 94 valence electrons. The molecule has 0 radical (unpaired) electrons. The summed E-state index contributed by atoms with van der Waals surface area (Å²) in [5.41, 5.74) is 7.94. The number of aryl methyl sites for hydroxylation is 3. The van der Waals surface area contributed by atoms with Crippen molar-refractivity contribution in [2.24, 2.45) is 0 Å². The van der Waals surface area contributed by atoms with Gasteiger partial charge in [-0.25, -0.2) is 0 Å². The standard InChI is InChI=1S/C17H21N/c1-12-8-9-14(3)17(10-12)18-11-16-7-5-6-13(2)15(16)4/h5-10,18H,11H2,1-4H3. The topological polar surface area (TPSA) is 12.0 Å². The first-order chi connectivity index (χ1) is 8.58. The summed E-state index contributed by atoms with van der Waals surface area (Å²) in [7, 11) is 0. The summed E-state index contributed by atoms with van der Waals surface area (Å²) >= 11 is 0. The van der Waals surface area contributed by atoms with Crippen molar-refractivity contribution in [2.75, 3.05) is 5.32 Å². The van der Waals surface area contributed by atoms with E-state index in [4.69, 9.17) is 0 Å². The van der Waals surface area contributed by atoms with Gasteiger partial charge in [-0.15, -0.1) is 0 Å². The van der Waals surface area contributed by atoms with E-state index in [0.717, 1.165) is 6.54 Å². The van der Waals surface area contributed by atoms with Gasteiger partial charge in [0.15, 0.2) is 0 Å². The molecule has 0 heterocycles. The van der Waals surface area contributed by atoms with Crippen LogP contribution in [-0.4, -0.2) is 0 Å². The van der Waals surface area contributed by atoms with Crippen LogP contribution in [0, 0.1) is 27.7 Å². The first-order valence-electron chi connectivity index (χ1n) is 6.44. The fourth-order valence-corrected chi connectivity index (χ4v) is 2.12. The molecule has 1 N–H and O–H groups in total. The number of nitrogens with one attached hydrogen (secondary N) is 1. The van der Waals surface area contributed by atoms with Gasteiger partial charge in [0.2, 0.25) is 0 Å². The van der Waals surface area contributed by atoms with Gasteiger partial charge in [-0.05, 0) is 61.6 Å². The molecule has 0 fully saturated rings. The average Bonchev–Trinajstić information content (AvgIpc) is 2.35. The fourth-order valence-electron chi connectivity index (χ4n) is 2.12. The van der Waals surface area contributed by atoms with E-state index in [9.17, 15) is 0 Å². The SMILES string of the molecule is Cc1ccc(C)c(NCc2cccc(C)c2C)c1. The molecule has 1 heteroatoms. The number of hydrogen-bond donors (Lipinski definition) is 1. The van der Waals surface area contributed by atoms with Gasteiger partial charge in [0, 0.05) is 12.2 Å². The zero-order valence-corrected chi connectivity index (χ0v) is 11.7. The van der Waals surface area contributed by atoms with E-state index in [2.05, 4.69) is 69.4 Å². The summed E-state index contributed by atoms with van der Waals surface area (Å²) in [6.07, 6.45) is 0. The van der Waals surface area contributed by atoms with Crippen molar-refractivity contribution < 1.29 is 0 Å². The summed E-state index contributed by atoms with van der Waals surface area (Å²) in [5.74, 6) is 0. The van der Waals surface area contributed by atoms with Crippen molar-refractivity contribution >= 4 is 5.69 Å². The highest BCUT2D eigenvalue weighted by Gasteiger charge is 2.02. The molecule has 0 bridgehead atoms. The summed E-state index contributed by atoms with van der Waals surface area (Å²) in [6.45, 7) is 9.51. The first-order valence-corrected chi connectivity index (χ1v) is 6.44. The third-order valence-electron chi connectivity index (χ3n) is 3.58. The third kappa shape index (κ3) is 2.73. The van der Waals surface area contributed by atoms with Gasteiger partial charge in [0.1, 0.15) is 0 Å². The first kappa shape index (κ1) is 12.7.